The van der Waals surface area contributed by atoms with Crippen LogP contribution in [-0.2, 0) is 23.7 Å². The molecule has 2 fully saturated rings. The van der Waals surface area contributed by atoms with Gasteiger partial charge < -0.3 is 65.1 Å². The van der Waals surface area contributed by atoms with Gasteiger partial charge in [-0.1, -0.05) is 223 Å². The fraction of sp³-hybridized carbons (Fsp3) is 0.620. The topological polar surface area (TPSA) is 228 Å². The first kappa shape index (κ1) is 76.7. The Labute approximate surface area is 512 Å². The number of hydrogen-bond donors (Lipinski definition) is 9. The third-order valence-corrected chi connectivity index (χ3v) is 14.4. The highest BCUT2D eigenvalue weighted by molar-refractivity contribution is 5.76. The molecule has 12 atom stereocenters. The lowest BCUT2D eigenvalue weighted by molar-refractivity contribution is -0.359. The van der Waals surface area contributed by atoms with Crippen molar-refractivity contribution in [2.75, 3.05) is 19.8 Å². The number of carbonyl (C=O) groups is 1. The summed E-state index contributed by atoms with van der Waals surface area (Å²) in [5, 5.41) is 86.9. The van der Waals surface area contributed by atoms with Crippen LogP contribution in [0.5, 0.6) is 0 Å². The van der Waals surface area contributed by atoms with Gasteiger partial charge in [0.05, 0.1) is 32.0 Å². The number of ether oxygens (including phenoxy) is 4. The van der Waals surface area contributed by atoms with E-state index in [1.807, 2.05) is 6.08 Å². The van der Waals surface area contributed by atoms with Crippen molar-refractivity contribution in [1.29, 1.82) is 0 Å². The average Bonchev–Trinajstić information content (AvgIpc) is 2.93. The number of carbonyl (C=O) groups excluding carboxylic acids is 1. The van der Waals surface area contributed by atoms with E-state index >= 15 is 0 Å². The summed E-state index contributed by atoms with van der Waals surface area (Å²) in [6.45, 7) is 2.58. The van der Waals surface area contributed by atoms with E-state index in [1.54, 1.807) is 6.08 Å². The molecule has 0 aliphatic carbocycles. The fourth-order valence-electron chi connectivity index (χ4n) is 9.31. The molecule has 2 aliphatic heterocycles. The smallest absolute Gasteiger partial charge is 0.220 e. The highest BCUT2D eigenvalue weighted by atomic mass is 16.7. The maximum absolute atomic E-state index is 13.2. The molecule has 0 aromatic rings. The molecule has 0 spiro atoms. The minimum atomic E-state index is -1.80. The lowest BCUT2D eigenvalue weighted by Crippen LogP contribution is -2.65. The minimum Gasteiger partial charge on any atom is -0.394 e. The predicted octanol–water partition coefficient (Wildman–Crippen LogP) is 12.3. The zero-order chi connectivity index (χ0) is 61.6. The second kappa shape index (κ2) is 53.8. The van der Waals surface area contributed by atoms with Crippen LogP contribution in [-0.4, -0.2) is 140 Å². The van der Waals surface area contributed by atoms with Gasteiger partial charge in [0.2, 0.25) is 5.91 Å². The first-order valence-corrected chi connectivity index (χ1v) is 32.2. The normalized spacial score (nSPS) is 24.6. The van der Waals surface area contributed by atoms with E-state index in [9.17, 15) is 45.6 Å². The monoisotopic (exact) mass is 1190 g/mol. The summed E-state index contributed by atoms with van der Waals surface area (Å²) in [5.41, 5.74) is 0. The Morgan fingerprint density at radius 1 is 0.435 bits per heavy atom. The quantitative estimate of drug-likeness (QED) is 0.0204. The van der Waals surface area contributed by atoms with E-state index < -0.39 is 86.8 Å². The average molecular weight is 1190 g/mol. The van der Waals surface area contributed by atoms with Crippen LogP contribution >= 0.6 is 0 Å². The molecule has 12 unspecified atom stereocenters. The number of rotatable bonds is 49. The zero-order valence-electron chi connectivity index (χ0n) is 51.8. The third-order valence-electron chi connectivity index (χ3n) is 14.4. The van der Waals surface area contributed by atoms with Crippen molar-refractivity contribution >= 4 is 5.91 Å². The molecular formula is C71H113NO13. The van der Waals surface area contributed by atoms with Gasteiger partial charge in [0.25, 0.3) is 0 Å². The SMILES string of the molecule is CC/C=C\C/C=C\C/C=C\C/C=C\C/C=C\C/C=C\C/C=C\C/C=C\C/C=C\C/C=C\C/C=C\CCCCCCCCCC(=O)NC(COC1OC(CO)C(OC2OC(CO)C(O)C(O)C2O)C(O)C1O)C(O)/C=C/CC/C=C/CCCCCC. The largest absolute Gasteiger partial charge is 0.394 e. The molecule has 85 heavy (non-hydrogen) atoms. The summed E-state index contributed by atoms with van der Waals surface area (Å²) >= 11 is 0. The molecule has 0 radical (unpaired) electrons. The van der Waals surface area contributed by atoms with E-state index in [0.717, 1.165) is 135 Å². The zero-order valence-corrected chi connectivity index (χ0v) is 51.8. The summed E-state index contributed by atoms with van der Waals surface area (Å²) < 4.78 is 22.7. The number of unbranched alkanes of at least 4 members (excludes halogenated alkanes) is 12. The molecule has 14 nitrogen and oxygen atoms in total. The Bertz CT molecular complexity index is 2030. The van der Waals surface area contributed by atoms with Gasteiger partial charge in [0.15, 0.2) is 12.6 Å². The molecule has 2 heterocycles. The molecule has 0 aromatic carbocycles. The number of amides is 1. The molecule has 1 amide bonds. The fourth-order valence-corrected chi connectivity index (χ4v) is 9.31. The highest BCUT2D eigenvalue weighted by Crippen LogP contribution is 2.30. The Kier molecular flexibility index (Phi) is 48.6. The van der Waals surface area contributed by atoms with E-state index in [1.165, 1.54) is 19.3 Å². The summed E-state index contributed by atoms with van der Waals surface area (Å²) in [7, 11) is 0. The van der Waals surface area contributed by atoms with Crippen LogP contribution < -0.4 is 5.32 Å². The van der Waals surface area contributed by atoms with Gasteiger partial charge in [-0.3, -0.25) is 4.79 Å². The third kappa shape index (κ3) is 38.5. The Hall–Kier alpha value is -4.39. The molecule has 2 rings (SSSR count). The lowest BCUT2D eigenvalue weighted by atomic mass is 9.97. The Morgan fingerprint density at radius 2 is 0.824 bits per heavy atom. The number of nitrogens with one attached hydrogen (secondary N) is 1. The number of aliphatic hydroxyl groups excluding tert-OH is 8. The van der Waals surface area contributed by atoms with Gasteiger partial charge in [-0.2, -0.15) is 0 Å². The van der Waals surface area contributed by atoms with Crippen molar-refractivity contribution in [3.63, 3.8) is 0 Å². The van der Waals surface area contributed by atoms with Crippen molar-refractivity contribution in [3.8, 4) is 0 Å². The van der Waals surface area contributed by atoms with Gasteiger partial charge in [0, 0.05) is 6.42 Å². The number of aliphatic hydroxyl groups is 8. The second-order valence-electron chi connectivity index (χ2n) is 21.8. The lowest BCUT2D eigenvalue weighted by Gasteiger charge is -2.46. The van der Waals surface area contributed by atoms with Gasteiger partial charge in [-0.25, -0.2) is 0 Å². The van der Waals surface area contributed by atoms with Crippen LogP contribution in [0.4, 0.5) is 0 Å². The maximum atomic E-state index is 13.2. The molecule has 14 heteroatoms. The Morgan fingerprint density at radius 3 is 1.29 bits per heavy atom. The first-order chi connectivity index (χ1) is 41.6. The van der Waals surface area contributed by atoms with Crippen molar-refractivity contribution in [1.82, 2.24) is 5.32 Å². The molecule has 2 aliphatic rings. The number of allylic oxidation sites excluding steroid dienone is 25. The summed E-state index contributed by atoms with van der Waals surface area (Å²) in [6, 6.07) is -0.947. The van der Waals surface area contributed by atoms with Crippen LogP contribution in [0.15, 0.2) is 158 Å². The summed E-state index contributed by atoms with van der Waals surface area (Å²) in [5.74, 6) is -0.271. The predicted molar refractivity (Wildman–Crippen MR) is 345 cm³/mol. The van der Waals surface area contributed by atoms with Crippen molar-refractivity contribution in [2.45, 2.75) is 261 Å². The first-order valence-electron chi connectivity index (χ1n) is 32.2. The van der Waals surface area contributed by atoms with E-state index in [-0.39, 0.29) is 18.9 Å². The molecule has 0 saturated carbocycles. The van der Waals surface area contributed by atoms with Crippen molar-refractivity contribution < 1.29 is 64.6 Å². The summed E-state index contributed by atoms with van der Waals surface area (Å²) in [4.78, 5) is 13.2. The molecule has 9 N–H and O–H groups in total. The van der Waals surface area contributed by atoms with E-state index in [2.05, 4.69) is 165 Å². The van der Waals surface area contributed by atoms with Crippen LogP contribution in [0.2, 0.25) is 0 Å². The van der Waals surface area contributed by atoms with Gasteiger partial charge in [-0.15, -0.1) is 0 Å². The van der Waals surface area contributed by atoms with E-state index in [0.29, 0.717) is 12.8 Å². The van der Waals surface area contributed by atoms with Crippen LogP contribution in [0, 0.1) is 0 Å². The molecule has 0 aromatic heterocycles. The molecule has 0 bridgehead atoms. The van der Waals surface area contributed by atoms with Gasteiger partial charge >= 0.3 is 0 Å². The summed E-state index contributed by atoms with van der Waals surface area (Å²) in [6.07, 6.45) is 66.0. The Balaban J connectivity index is 1.61. The second-order valence-corrected chi connectivity index (χ2v) is 21.8. The van der Waals surface area contributed by atoms with Crippen molar-refractivity contribution in [2.24, 2.45) is 0 Å². The highest BCUT2D eigenvalue weighted by Gasteiger charge is 2.51. The maximum Gasteiger partial charge on any atom is 0.220 e. The van der Waals surface area contributed by atoms with Gasteiger partial charge in [-0.05, 0) is 116 Å². The van der Waals surface area contributed by atoms with Crippen LogP contribution in [0.25, 0.3) is 0 Å². The number of hydrogen-bond acceptors (Lipinski definition) is 13. The molecular weight excluding hydrogens is 1070 g/mol. The van der Waals surface area contributed by atoms with Crippen molar-refractivity contribution in [3.05, 3.63) is 158 Å². The standard InChI is InChI=1S/C71H113NO13/c1-3-5-7-9-11-13-15-16-17-18-19-20-21-22-23-24-25-26-27-28-29-30-31-32-33-34-35-36-37-38-39-40-41-42-43-44-45-47-49-51-53-55-63(76)72-59(60(75)54-52-50-48-46-14-12-10-8-6-4-2)58-82-70-68(81)66(79)69(62(57-74)84-70)85-71-67(80)65(78)64(77)61(56-73)83-71/h5,7,11,13-14,16-17,19-20,22-23,25-26,28-29,31-32,34-35,37-38,40-41,46,52,54,59-62,64-71,73-75,77-81H,3-4,6,8-10,12,15,18,21,24,27,30,33,36,39,42-45,47-51,53,55-58H2,1-2H3,(H,72,76)/b7-5-,13-11-,17-16-,20-19-,23-22-,26-25-,29-28-,32-31-,35-34-,38-37-,41-40-,46-14+,54-52+. The molecule has 2 saturated heterocycles. The van der Waals surface area contributed by atoms with Crippen LogP contribution in [0.3, 0.4) is 0 Å². The van der Waals surface area contributed by atoms with Gasteiger partial charge in [0.1, 0.15) is 48.8 Å². The molecule has 480 valence electrons. The van der Waals surface area contributed by atoms with E-state index in [4.69, 9.17) is 18.9 Å². The minimum absolute atomic E-state index is 0.249. The van der Waals surface area contributed by atoms with Crippen LogP contribution in [0.1, 0.15) is 187 Å².